The maximum absolute atomic E-state index is 13.0. The van der Waals surface area contributed by atoms with Gasteiger partial charge in [-0.3, -0.25) is 19.0 Å². The fourth-order valence-electron chi connectivity index (χ4n) is 3.55. The Balaban J connectivity index is 1.74. The molecule has 0 spiro atoms. The third-order valence-electron chi connectivity index (χ3n) is 5.51. The summed E-state index contributed by atoms with van der Waals surface area (Å²) in [5.74, 6) is -0.125. The third kappa shape index (κ3) is 4.63. The molecule has 1 aromatic carbocycles. The molecule has 1 fully saturated rings. The number of hydrogen-bond donors (Lipinski definition) is 0. The molecule has 1 aromatic heterocycles. The summed E-state index contributed by atoms with van der Waals surface area (Å²) in [5.41, 5.74) is 0.574. The van der Waals surface area contributed by atoms with Crippen LogP contribution in [-0.4, -0.2) is 52.3 Å². The van der Waals surface area contributed by atoms with Gasteiger partial charge >= 0.3 is 5.97 Å². The Morgan fingerprint density at radius 1 is 1.28 bits per heavy atom. The number of methoxy groups -OCH3 is 1. The Kier molecular flexibility index (Phi) is 6.95. The first-order chi connectivity index (χ1) is 14.0. The number of carbonyl (C=O) groups is 2. The van der Waals surface area contributed by atoms with Crippen LogP contribution in [0.15, 0.2) is 34.2 Å². The Hall–Kier alpha value is -2.35. The van der Waals surface area contributed by atoms with Gasteiger partial charge < -0.3 is 9.64 Å². The lowest BCUT2D eigenvalue weighted by atomic mass is 9.97. The molecule has 1 aliphatic heterocycles. The number of rotatable bonds is 6. The van der Waals surface area contributed by atoms with Crippen LogP contribution in [0.4, 0.5) is 0 Å². The molecule has 1 aliphatic rings. The van der Waals surface area contributed by atoms with E-state index >= 15 is 0 Å². The van der Waals surface area contributed by atoms with Crippen LogP contribution >= 0.6 is 11.8 Å². The van der Waals surface area contributed by atoms with Crippen LogP contribution < -0.4 is 5.56 Å². The average Bonchev–Trinajstić information content (AvgIpc) is 2.76. The number of piperidine rings is 1. The summed E-state index contributed by atoms with van der Waals surface area (Å²) >= 11 is 1.30. The highest BCUT2D eigenvalue weighted by molar-refractivity contribution is 7.99. The lowest BCUT2D eigenvalue weighted by Crippen LogP contribution is -2.41. The van der Waals surface area contributed by atoms with Crippen molar-refractivity contribution in [1.29, 1.82) is 0 Å². The first-order valence-electron chi connectivity index (χ1n) is 9.96. The van der Waals surface area contributed by atoms with Crippen LogP contribution in [0.2, 0.25) is 0 Å². The minimum Gasteiger partial charge on any atom is -0.469 e. The predicted molar refractivity (Wildman–Crippen MR) is 113 cm³/mol. The monoisotopic (exact) mass is 417 g/mol. The predicted octanol–water partition coefficient (Wildman–Crippen LogP) is 2.87. The number of thioether (sulfide) groups is 1. The third-order valence-corrected chi connectivity index (χ3v) is 6.45. The topological polar surface area (TPSA) is 81.5 Å². The van der Waals surface area contributed by atoms with Crippen LogP contribution in [0.25, 0.3) is 10.9 Å². The average molecular weight is 418 g/mol. The second-order valence-corrected chi connectivity index (χ2v) is 8.25. The Morgan fingerprint density at radius 3 is 2.62 bits per heavy atom. The van der Waals surface area contributed by atoms with E-state index in [2.05, 4.69) is 4.98 Å². The minimum absolute atomic E-state index is 0.00331. The van der Waals surface area contributed by atoms with E-state index in [1.165, 1.54) is 18.9 Å². The summed E-state index contributed by atoms with van der Waals surface area (Å²) < 4.78 is 6.49. The number of esters is 1. The molecule has 1 atom stereocenters. The van der Waals surface area contributed by atoms with Crippen molar-refractivity contribution in [3.8, 4) is 0 Å². The van der Waals surface area contributed by atoms with Crippen molar-refractivity contribution in [2.45, 2.75) is 44.3 Å². The SMILES string of the molecule is CC[C@H](C)n1c(SCC(=O)N2CCC(C(=O)OC)CC2)nc2ccccc2c1=O. The normalized spacial score (nSPS) is 16.0. The first kappa shape index (κ1) is 21.4. The van der Waals surface area contributed by atoms with E-state index in [0.717, 1.165) is 6.42 Å². The van der Waals surface area contributed by atoms with Gasteiger partial charge in [0.05, 0.1) is 29.7 Å². The number of likely N-dealkylation sites (tertiary alicyclic amines) is 1. The fraction of sp³-hybridized carbons (Fsp3) is 0.524. The van der Waals surface area contributed by atoms with Gasteiger partial charge in [-0.05, 0) is 38.3 Å². The van der Waals surface area contributed by atoms with Crippen molar-refractivity contribution in [1.82, 2.24) is 14.5 Å². The second kappa shape index (κ2) is 9.43. The molecule has 7 nitrogen and oxygen atoms in total. The summed E-state index contributed by atoms with van der Waals surface area (Å²) in [4.78, 5) is 43.8. The number of para-hydroxylation sites is 1. The smallest absolute Gasteiger partial charge is 0.308 e. The van der Waals surface area contributed by atoms with Crippen molar-refractivity contribution >= 4 is 34.5 Å². The van der Waals surface area contributed by atoms with Gasteiger partial charge in [0, 0.05) is 19.1 Å². The molecule has 1 saturated heterocycles. The van der Waals surface area contributed by atoms with E-state index in [-0.39, 0.29) is 35.1 Å². The molecule has 1 amide bonds. The largest absolute Gasteiger partial charge is 0.469 e. The molecule has 29 heavy (non-hydrogen) atoms. The second-order valence-electron chi connectivity index (χ2n) is 7.31. The first-order valence-corrected chi connectivity index (χ1v) is 10.9. The Bertz CT molecular complexity index is 951. The molecule has 0 radical (unpaired) electrons. The van der Waals surface area contributed by atoms with Gasteiger partial charge in [-0.15, -0.1) is 0 Å². The van der Waals surface area contributed by atoms with E-state index in [4.69, 9.17) is 4.74 Å². The zero-order chi connectivity index (χ0) is 21.0. The number of amides is 1. The van der Waals surface area contributed by atoms with E-state index < -0.39 is 0 Å². The van der Waals surface area contributed by atoms with Gasteiger partial charge in [0.25, 0.3) is 5.56 Å². The van der Waals surface area contributed by atoms with Crippen LogP contribution in [0.3, 0.4) is 0 Å². The number of hydrogen-bond acceptors (Lipinski definition) is 6. The van der Waals surface area contributed by atoms with Crippen molar-refractivity contribution < 1.29 is 14.3 Å². The zero-order valence-corrected chi connectivity index (χ0v) is 17.9. The van der Waals surface area contributed by atoms with Gasteiger partial charge in [0.1, 0.15) is 0 Å². The molecule has 0 unspecified atom stereocenters. The van der Waals surface area contributed by atoms with E-state index in [1.807, 2.05) is 32.0 Å². The van der Waals surface area contributed by atoms with Gasteiger partial charge in [-0.2, -0.15) is 0 Å². The molecule has 0 aliphatic carbocycles. The molecular weight excluding hydrogens is 390 g/mol. The summed E-state index contributed by atoms with van der Waals surface area (Å²) in [6.07, 6.45) is 2.03. The molecule has 3 rings (SSSR count). The fourth-order valence-corrected chi connectivity index (χ4v) is 4.55. The van der Waals surface area contributed by atoms with E-state index in [1.54, 1.807) is 15.5 Å². The Morgan fingerprint density at radius 2 is 1.97 bits per heavy atom. The van der Waals surface area contributed by atoms with E-state index in [0.29, 0.717) is 42.0 Å². The van der Waals surface area contributed by atoms with Crippen LogP contribution in [0.5, 0.6) is 0 Å². The summed E-state index contributed by atoms with van der Waals surface area (Å²) in [7, 11) is 1.39. The highest BCUT2D eigenvalue weighted by Gasteiger charge is 2.28. The van der Waals surface area contributed by atoms with Crippen molar-refractivity contribution in [2.24, 2.45) is 5.92 Å². The van der Waals surface area contributed by atoms with Gasteiger partial charge in [0.15, 0.2) is 5.16 Å². The zero-order valence-electron chi connectivity index (χ0n) is 17.1. The minimum atomic E-state index is -0.204. The summed E-state index contributed by atoms with van der Waals surface area (Å²) in [6.45, 7) is 5.10. The van der Waals surface area contributed by atoms with Gasteiger partial charge in [0.2, 0.25) is 5.91 Å². The summed E-state index contributed by atoms with van der Waals surface area (Å²) in [5, 5.41) is 1.16. The van der Waals surface area contributed by atoms with Crippen LogP contribution in [0.1, 0.15) is 39.2 Å². The van der Waals surface area contributed by atoms with Crippen molar-refractivity contribution in [3.63, 3.8) is 0 Å². The summed E-state index contributed by atoms with van der Waals surface area (Å²) in [6, 6.07) is 7.29. The Labute approximate surface area is 174 Å². The highest BCUT2D eigenvalue weighted by atomic mass is 32.2. The number of fused-ring (bicyclic) bond motifs is 1. The quantitative estimate of drug-likeness (QED) is 0.408. The number of benzene rings is 1. The lowest BCUT2D eigenvalue weighted by molar-refractivity contribution is -0.148. The molecule has 0 N–H and O–H groups in total. The highest BCUT2D eigenvalue weighted by Crippen LogP contribution is 2.24. The van der Waals surface area contributed by atoms with Gasteiger partial charge in [-0.1, -0.05) is 30.8 Å². The lowest BCUT2D eigenvalue weighted by Gasteiger charge is -2.30. The number of aromatic nitrogens is 2. The molecule has 2 heterocycles. The number of carbonyl (C=O) groups excluding carboxylic acids is 2. The number of ether oxygens (including phenoxy) is 1. The molecule has 0 bridgehead atoms. The van der Waals surface area contributed by atoms with Crippen molar-refractivity contribution in [2.75, 3.05) is 26.0 Å². The molecule has 156 valence electrons. The standard InChI is InChI=1S/C21H27N3O4S/c1-4-14(2)24-19(26)16-7-5-6-8-17(16)22-21(24)29-13-18(25)23-11-9-15(10-12-23)20(27)28-3/h5-8,14-15H,4,9-13H2,1-3H3/t14-/m0/s1. The van der Waals surface area contributed by atoms with Crippen LogP contribution in [0, 0.1) is 5.92 Å². The van der Waals surface area contributed by atoms with Crippen molar-refractivity contribution in [3.05, 3.63) is 34.6 Å². The maximum atomic E-state index is 13.0. The van der Waals surface area contributed by atoms with Gasteiger partial charge in [-0.25, -0.2) is 4.98 Å². The number of nitrogens with zero attached hydrogens (tertiary/aromatic N) is 3. The molecule has 8 heteroatoms. The molecule has 2 aromatic rings. The maximum Gasteiger partial charge on any atom is 0.308 e. The molecular formula is C21H27N3O4S. The van der Waals surface area contributed by atoms with Crippen LogP contribution in [-0.2, 0) is 14.3 Å². The molecule has 0 saturated carbocycles. The van der Waals surface area contributed by atoms with E-state index in [9.17, 15) is 14.4 Å².